The molecule has 2 aliphatic rings. The van der Waals surface area contributed by atoms with Gasteiger partial charge in [-0.15, -0.1) is 0 Å². The molecule has 2 rings (SSSR count). The van der Waals surface area contributed by atoms with Gasteiger partial charge in [0.1, 0.15) is 5.54 Å². The Labute approximate surface area is 109 Å². The topological polar surface area (TPSA) is 49.4 Å². The molecule has 1 heterocycles. The highest BCUT2D eigenvalue weighted by molar-refractivity contribution is 5.97. The molecule has 1 N–H and O–H groups in total. The minimum atomic E-state index is -0.644. The van der Waals surface area contributed by atoms with E-state index in [1.807, 2.05) is 13.8 Å². The van der Waals surface area contributed by atoms with Crippen molar-refractivity contribution in [3.63, 3.8) is 0 Å². The molecule has 0 radical (unpaired) electrons. The highest BCUT2D eigenvalue weighted by Crippen LogP contribution is 2.33. The van der Waals surface area contributed by atoms with Crippen LogP contribution >= 0.6 is 0 Å². The minimum absolute atomic E-state index is 0.00952. The maximum atomic E-state index is 12.5. The second-order valence-electron chi connectivity index (χ2n) is 5.65. The lowest BCUT2D eigenvalue weighted by Gasteiger charge is -2.41. The first-order valence-electron chi connectivity index (χ1n) is 7.21. The largest absolute Gasteiger partial charge is 0.340 e. The summed E-state index contributed by atoms with van der Waals surface area (Å²) in [6.07, 6.45) is 6.29. The van der Waals surface area contributed by atoms with Gasteiger partial charge in [0.2, 0.25) is 11.8 Å². The fraction of sp³-hybridized carbons (Fsp3) is 0.857. The lowest BCUT2D eigenvalue weighted by Crippen LogP contribution is -2.66. The Hall–Kier alpha value is -1.06. The molecule has 0 aromatic carbocycles. The number of piperazine rings is 1. The van der Waals surface area contributed by atoms with E-state index < -0.39 is 5.54 Å². The van der Waals surface area contributed by atoms with Gasteiger partial charge in [0.05, 0.1) is 6.54 Å². The summed E-state index contributed by atoms with van der Waals surface area (Å²) >= 11 is 0. The summed E-state index contributed by atoms with van der Waals surface area (Å²) in [4.78, 5) is 26.0. The van der Waals surface area contributed by atoms with Gasteiger partial charge in [0.25, 0.3) is 0 Å². The van der Waals surface area contributed by atoms with Crippen LogP contribution in [0.3, 0.4) is 0 Å². The molecule has 1 aliphatic carbocycles. The van der Waals surface area contributed by atoms with E-state index in [4.69, 9.17) is 0 Å². The van der Waals surface area contributed by atoms with Crippen molar-refractivity contribution in [3.8, 4) is 0 Å². The molecule has 1 saturated heterocycles. The van der Waals surface area contributed by atoms with Gasteiger partial charge >= 0.3 is 0 Å². The third-order valence-electron chi connectivity index (χ3n) is 4.35. The van der Waals surface area contributed by atoms with Crippen molar-refractivity contribution in [2.45, 2.75) is 57.9 Å². The summed E-state index contributed by atoms with van der Waals surface area (Å²) < 4.78 is 0. The maximum absolute atomic E-state index is 12.5. The van der Waals surface area contributed by atoms with Crippen LogP contribution in [0.25, 0.3) is 0 Å². The van der Waals surface area contributed by atoms with Gasteiger partial charge in [-0.1, -0.05) is 26.7 Å². The van der Waals surface area contributed by atoms with Gasteiger partial charge in [0.15, 0.2) is 0 Å². The molecule has 102 valence electrons. The molecule has 0 unspecified atom stereocenters. The molecular weight excluding hydrogens is 228 g/mol. The number of rotatable bonds is 6. The van der Waals surface area contributed by atoms with E-state index in [2.05, 4.69) is 5.32 Å². The lowest BCUT2D eigenvalue weighted by molar-refractivity contribution is -0.150. The highest BCUT2D eigenvalue weighted by Gasteiger charge is 2.43. The number of nitrogens with zero attached hydrogens (tertiary/aromatic N) is 1. The second kappa shape index (κ2) is 5.29. The van der Waals surface area contributed by atoms with Crippen LogP contribution in [0.15, 0.2) is 0 Å². The smallest absolute Gasteiger partial charge is 0.248 e. The van der Waals surface area contributed by atoms with Crippen molar-refractivity contribution in [1.29, 1.82) is 0 Å². The minimum Gasteiger partial charge on any atom is -0.340 e. The van der Waals surface area contributed by atoms with Crippen LogP contribution in [0, 0.1) is 5.92 Å². The van der Waals surface area contributed by atoms with Crippen molar-refractivity contribution >= 4 is 11.8 Å². The zero-order valence-electron chi connectivity index (χ0n) is 11.5. The Morgan fingerprint density at radius 3 is 2.50 bits per heavy atom. The van der Waals surface area contributed by atoms with Crippen LogP contribution in [0.5, 0.6) is 0 Å². The summed E-state index contributed by atoms with van der Waals surface area (Å²) in [5.74, 6) is 0.994. The molecule has 1 aliphatic heterocycles. The van der Waals surface area contributed by atoms with Crippen LogP contribution in [0.2, 0.25) is 0 Å². The van der Waals surface area contributed by atoms with Crippen LogP contribution in [-0.2, 0) is 9.59 Å². The summed E-state index contributed by atoms with van der Waals surface area (Å²) in [6, 6.07) is 0. The molecule has 4 nitrogen and oxygen atoms in total. The Morgan fingerprint density at radius 1 is 1.28 bits per heavy atom. The van der Waals surface area contributed by atoms with E-state index >= 15 is 0 Å². The molecular formula is C14H24N2O2. The van der Waals surface area contributed by atoms with E-state index in [1.165, 1.54) is 19.3 Å². The number of amides is 2. The number of hydrogen-bond donors (Lipinski definition) is 1. The zero-order valence-corrected chi connectivity index (χ0v) is 11.5. The molecule has 2 fully saturated rings. The van der Waals surface area contributed by atoms with E-state index in [0.29, 0.717) is 12.8 Å². The third kappa shape index (κ3) is 2.68. The first-order valence-corrected chi connectivity index (χ1v) is 7.21. The molecule has 4 heteroatoms. The third-order valence-corrected chi connectivity index (χ3v) is 4.35. The van der Waals surface area contributed by atoms with Gasteiger partial charge in [-0.2, -0.15) is 0 Å². The summed E-state index contributed by atoms with van der Waals surface area (Å²) in [6.45, 7) is 4.92. The number of carbonyl (C=O) groups is 2. The first-order chi connectivity index (χ1) is 8.61. The second-order valence-corrected chi connectivity index (χ2v) is 5.65. The molecule has 0 spiro atoms. The fourth-order valence-electron chi connectivity index (χ4n) is 2.79. The monoisotopic (exact) mass is 252 g/mol. The van der Waals surface area contributed by atoms with Crippen LogP contribution in [0.4, 0.5) is 0 Å². The molecule has 18 heavy (non-hydrogen) atoms. The standard InChI is InChI=1S/C14H24N2O2/c1-3-14(4-2)13(18)16(10-12(17)15-14)9-5-6-11-7-8-11/h11H,3-10H2,1-2H3,(H,15,17). The summed E-state index contributed by atoms with van der Waals surface area (Å²) in [5.41, 5.74) is -0.644. The Balaban J connectivity index is 1.95. The summed E-state index contributed by atoms with van der Waals surface area (Å²) in [7, 11) is 0. The maximum Gasteiger partial charge on any atom is 0.248 e. The van der Waals surface area contributed by atoms with Gasteiger partial charge in [-0.3, -0.25) is 9.59 Å². The molecule has 0 aromatic heterocycles. The number of hydrogen-bond acceptors (Lipinski definition) is 2. The van der Waals surface area contributed by atoms with Crippen molar-refractivity contribution in [2.24, 2.45) is 5.92 Å². The fourth-order valence-corrected chi connectivity index (χ4v) is 2.79. The summed E-state index contributed by atoms with van der Waals surface area (Å²) in [5, 5.41) is 2.89. The number of nitrogens with one attached hydrogen (secondary N) is 1. The molecule has 0 atom stereocenters. The van der Waals surface area contributed by atoms with E-state index in [1.54, 1.807) is 4.90 Å². The van der Waals surface area contributed by atoms with Crippen LogP contribution in [-0.4, -0.2) is 35.3 Å². The quantitative estimate of drug-likeness (QED) is 0.782. The number of carbonyl (C=O) groups excluding carboxylic acids is 2. The lowest BCUT2D eigenvalue weighted by atomic mass is 9.89. The SMILES string of the molecule is CCC1(CC)NC(=O)CN(CCCC2CC2)C1=O. The Morgan fingerprint density at radius 2 is 1.94 bits per heavy atom. The first kappa shape index (κ1) is 13.4. The van der Waals surface area contributed by atoms with Gasteiger partial charge in [-0.25, -0.2) is 0 Å². The Kier molecular flexibility index (Phi) is 3.93. The molecule has 2 amide bonds. The molecule has 0 bridgehead atoms. The predicted molar refractivity (Wildman–Crippen MR) is 70.0 cm³/mol. The molecule has 0 aromatic rings. The average molecular weight is 252 g/mol. The van der Waals surface area contributed by atoms with Crippen LogP contribution < -0.4 is 5.32 Å². The van der Waals surface area contributed by atoms with Crippen molar-refractivity contribution in [3.05, 3.63) is 0 Å². The van der Waals surface area contributed by atoms with Crippen molar-refractivity contribution < 1.29 is 9.59 Å². The van der Waals surface area contributed by atoms with Crippen molar-refractivity contribution in [1.82, 2.24) is 10.2 Å². The van der Waals surface area contributed by atoms with Gasteiger partial charge in [-0.05, 0) is 31.6 Å². The Bertz CT molecular complexity index is 333. The van der Waals surface area contributed by atoms with E-state index in [0.717, 1.165) is 18.9 Å². The predicted octanol–water partition coefficient (Wildman–Crippen LogP) is 1.69. The van der Waals surface area contributed by atoms with E-state index in [9.17, 15) is 9.59 Å². The normalized spacial score (nSPS) is 23.1. The van der Waals surface area contributed by atoms with Gasteiger partial charge in [0, 0.05) is 6.54 Å². The highest BCUT2D eigenvalue weighted by atomic mass is 16.2. The average Bonchev–Trinajstić information content (AvgIpc) is 3.17. The van der Waals surface area contributed by atoms with Gasteiger partial charge < -0.3 is 10.2 Å². The van der Waals surface area contributed by atoms with Crippen molar-refractivity contribution in [2.75, 3.05) is 13.1 Å². The zero-order chi connectivity index (χ0) is 13.2. The van der Waals surface area contributed by atoms with E-state index in [-0.39, 0.29) is 18.4 Å². The molecule has 1 saturated carbocycles. The van der Waals surface area contributed by atoms with Crippen LogP contribution in [0.1, 0.15) is 52.4 Å².